The lowest BCUT2D eigenvalue weighted by Gasteiger charge is -2.21. The lowest BCUT2D eigenvalue weighted by Crippen LogP contribution is -2.18. The van der Waals surface area contributed by atoms with Crippen LogP contribution in [0.1, 0.15) is 26.5 Å². The Balaban J connectivity index is 2.63. The number of pyridine rings is 1. The first-order chi connectivity index (χ1) is 9.32. The van der Waals surface area contributed by atoms with Crippen molar-refractivity contribution in [3.8, 4) is 11.5 Å². The van der Waals surface area contributed by atoms with Gasteiger partial charge in [0.15, 0.2) is 5.82 Å². The van der Waals surface area contributed by atoms with E-state index in [9.17, 15) is 0 Å². The molecule has 2 heterocycles. The molecule has 0 aliphatic carbocycles. The number of nitrogens with one attached hydrogen (secondary N) is 1. The van der Waals surface area contributed by atoms with E-state index in [1.54, 1.807) is 12.3 Å². The van der Waals surface area contributed by atoms with Gasteiger partial charge in [-0.3, -0.25) is 4.98 Å². The van der Waals surface area contributed by atoms with Gasteiger partial charge in [-0.2, -0.15) is 0 Å². The first-order valence-corrected chi connectivity index (χ1v) is 7.66. The van der Waals surface area contributed by atoms with E-state index >= 15 is 0 Å². The van der Waals surface area contributed by atoms with E-state index in [1.807, 2.05) is 13.1 Å². The van der Waals surface area contributed by atoms with Gasteiger partial charge in [-0.05, 0) is 34.7 Å². The Morgan fingerprint density at radius 1 is 1.20 bits per heavy atom. The molecule has 20 heavy (non-hydrogen) atoms. The van der Waals surface area contributed by atoms with Crippen molar-refractivity contribution in [3.63, 3.8) is 0 Å². The minimum atomic E-state index is -0.0633. The minimum Gasteiger partial charge on any atom is -0.372 e. The standard InChI is InChI=1S/C14H16ClIN4/c1-14(2,3)11-10(16)13(17-4)20-12(19-11)9-6-5-8(15)7-18-9/h5-7H,1-4H3,(H,17,19,20). The van der Waals surface area contributed by atoms with Crippen LogP contribution in [-0.4, -0.2) is 22.0 Å². The van der Waals surface area contributed by atoms with Crippen LogP contribution in [0.4, 0.5) is 5.82 Å². The first kappa shape index (κ1) is 15.4. The van der Waals surface area contributed by atoms with Crippen LogP contribution in [0.5, 0.6) is 0 Å². The summed E-state index contributed by atoms with van der Waals surface area (Å²) < 4.78 is 1.04. The quantitative estimate of drug-likeness (QED) is 0.767. The molecule has 6 heteroatoms. The van der Waals surface area contributed by atoms with Crippen molar-refractivity contribution in [3.05, 3.63) is 32.6 Å². The molecule has 0 aliphatic rings. The summed E-state index contributed by atoms with van der Waals surface area (Å²) in [6.07, 6.45) is 1.61. The molecular weight excluding hydrogens is 387 g/mol. The summed E-state index contributed by atoms with van der Waals surface area (Å²) in [6.45, 7) is 6.40. The maximum atomic E-state index is 5.87. The molecule has 0 unspecified atom stereocenters. The fraction of sp³-hybridized carbons (Fsp3) is 0.357. The fourth-order valence-corrected chi connectivity index (χ4v) is 3.16. The van der Waals surface area contributed by atoms with E-state index in [0.29, 0.717) is 16.5 Å². The third-order valence-corrected chi connectivity index (χ3v) is 4.00. The molecule has 0 saturated carbocycles. The Kier molecular flexibility index (Phi) is 4.49. The minimum absolute atomic E-state index is 0.0633. The highest BCUT2D eigenvalue weighted by molar-refractivity contribution is 14.1. The van der Waals surface area contributed by atoms with Gasteiger partial charge in [-0.1, -0.05) is 32.4 Å². The van der Waals surface area contributed by atoms with Gasteiger partial charge in [0.25, 0.3) is 0 Å². The summed E-state index contributed by atoms with van der Waals surface area (Å²) in [5.74, 6) is 1.42. The molecule has 106 valence electrons. The summed E-state index contributed by atoms with van der Waals surface area (Å²) in [6, 6.07) is 3.62. The number of rotatable bonds is 2. The van der Waals surface area contributed by atoms with Gasteiger partial charge in [0.2, 0.25) is 0 Å². The van der Waals surface area contributed by atoms with E-state index in [0.717, 1.165) is 15.1 Å². The molecule has 2 aromatic heterocycles. The predicted octanol–water partition coefficient (Wildman–Crippen LogP) is 4.14. The SMILES string of the molecule is CNc1nc(-c2ccc(Cl)cn2)nc(C(C)(C)C)c1I. The van der Waals surface area contributed by atoms with Crippen molar-refractivity contribution in [2.75, 3.05) is 12.4 Å². The van der Waals surface area contributed by atoms with Crippen molar-refractivity contribution in [1.82, 2.24) is 15.0 Å². The lowest BCUT2D eigenvalue weighted by molar-refractivity contribution is 0.564. The Labute approximate surface area is 137 Å². The highest BCUT2D eigenvalue weighted by Crippen LogP contribution is 2.31. The van der Waals surface area contributed by atoms with Gasteiger partial charge in [0.1, 0.15) is 11.5 Å². The number of nitrogens with zero attached hydrogens (tertiary/aromatic N) is 3. The number of hydrogen-bond acceptors (Lipinski definition) is 4. The number of hydrogen-bond donors (Lipinski definition) is 1. The highest BCUT2D eigenvalue weighted by Gasteiger charge is 2.23. The zero-order valence-electron chi connectivity index (χ0n) is 11.8. The van der Waals surface area contributed by atoms with Crippen LogP contribution in [0.2, 0.25) is 5.02 Å². The number of anilines is 1. The zero-order chi connectivity index (χ0) is 14.9. The third-order valence-electron chi connectivity index (χ3n) is 2.75. The molecule has 0 spiro atoms. The van der Waals surface area contributed by atoms with Crippen molar-refractivity contribution in [2.45, 2.75) is 26.2 Å². The Morgan fingerprint density at radius 2 is 1.90 bits per heavy atom. The molecule has 0 fully saturated rings. The maximum absolute atomic E-state index is 5.87. The molecule has 0 amide bonds. The topological polar surface area (TPSA) is 50.7 Å². The Morgan fingerprint density at radius 3 is 2.40 bits per heavy atom. The van der Waals surface area contributed by atoms with Crippen molar-refractivity contribution < 1.29 is 0 Å². The molecular formula is C14H16ClIN4. The molecule has 2 aromatic rings. The second kappa shape index (κ2) is 5.81. The zero-order valence-corrected chi connectivity index (χ0v) is 14.7. The van der Waals surface area contributed by atoms with Gasteiger partial charge in [-0.15, -0.1) is 0 Å². The van der Waals surface area contributed by atoms with Crippen LogP contribution in [0.25, 0.3) is 11.5 Å². The summed E-state index contributed by atoms with van der Waals surface area (Å²) in [5, 5.41) is 3.72. The average Bonchev–Trinajstić information content (AvgIpc) is 2.38. The summed E-state index contributed by atoms with van der Waals surface area (Å²) in [5.41, 5.74) is 1.66. The summed E-state index contributed by atoms with van der Waals surface area (Å²) >= 11 is 8.15. The molecule has 0 aliphatic heterocycles. The number of halogens is 2. The molecule has 2 rings (SSSR count). The summed E-state index contributed by atoms with van der Waals surface area (Å²) in [7, 11) is 1.86. The van der Waals surface area contributed by atoms with Gasteiger partial charge in [0, 0.05) is 18.7 Å². The van der Waals surface area contributed by atoms with E-state index in [1.165, 1.54) is 0 Å². The van der Waals surface area contributed by atoms with Crippen LogP contribution in [0, 0.1) is 3.57 Å². The monoisotopic (exact) mass is 402 g/mol. The molecule has 4 nitrogen and oxygen atoms in total. The highest BCUT2D eigenvalue weighted by atomic mass is 127. The van der Waals surface area contributed by atoms with Crippen LogP contribution in [0.3, 0.4) is 0 Å². The smallest absolute Gasteiger partial charge is 0.180 e. The van der Waals surface area contributed by atoms with Crippen LogP contribution in [0.15, 0.2) is 18.3 Å². The second-order valence-electron chi connectivity index (χ2n) is 5.42. The maximum Gasteiger partial charge on any atom is 0.180 e. The largest absolute Gasteiger partial charge is 0.372 e. The van der Waals surface area contributed by atoms with E-state index < -0.39 is 0 Å². The molecule has 0 bridgehead atoms. The molecule has 0 saturated heterocycles. The van der Waals surface area contributed by atoms with E-state index in [2.05, 4.69) is 63.6 Å². The van der Waals surface area contributed by atoms with Gasteiger partial charge >= 0.3 is 0 Å². The summed E-state index contributed by atoms with van der Waals surface area (Å²) in [4.78, 5) is 13.5. The van der Waals surface area contributed by atoms with Crippen molar-refractivity contribution in [1.29, 1.82) is 0 Å². The van der Waals surface area contributed by atoms with Gasteiger partial charge in [-0.25, -0.2) is 9.97 Å². The van der Waals surface area contributed by atoms with Crippen LogP contribution in [-0.2, 0) is 5.41 Å². The average molecular weight is 403 g/mol. The lowest BCUT2D eigenvalue weighted by atomic mass is 9.92. The first-order valence-electron chi connectivity index (χ1n) is 6.20. The Hall–Kier alpha value is -0.950. The third kappa shape index (κ3) is 3.20. The van der Waals surface area contributed by atoms with E-state index in [-0.39, 0.29) is 5.41 Å². The van der Waals surface area contributed by atoms with Crippen LogP contribution < -0.4 is 5.32 Å². The molecule has 0 aromatic carbocycles. The van der Waals surface area contributed by atoms with Crippen LogP contribution >= 0.6 is 34.2 Å². The molecule has 1 N–H and O–H groups in total. The predicted molar refractivity (Wildman–Crippen MR) is 91.2 cm³/mol. The van der Waals surface area contributed by atoms with Crippen molar-refractivity contribution >= 4 is 40.0 Å². The van der Waals surface area contributed by atoms with Crippen molar-refractivity contribution in [2.24, 2.45) is 0 Å². The van der Waals surface area contributed by atoms with E-state index in [4.69, 9.17) is 11.6 Å². The van der Waals surface area contributed by atoms with Gasteiger partial charge in [0.05, 0.1) is 14.3 Å². The fourth-order valence-electron chi connectivity index (χ4n) is 1.73. The molecule has 0 atom stereocenters. The Bertz CT molecular complexity index is 620. The normalized spacial score (nSPS) is 11.5. The second-order valence-corrected chi connectivity index (χ2v) is 6.94. The van der Waals surface area contributed by atoms with Gasteiger partial charge < -0.3 is 5.32 Å². The molecule has 0 radical (unpaired) electrons. The number of aromatic nitrogens is 3.